The molecule has 0 saturated heterocycles. The first-order valence-corrected chi connectivity index (χ1v) is 5.48. The fraction of sp³-hybridized carbons (Fsp3) is 0.909. The van der Waals surface area contributed by atoms with Gasteiger partial charge in [0.25, 0.3) is 0 Å². The van der Waals surface area contributed by atoms with Crippen LogP contribution in [0.15, 0.2) is 5.16 Å². The topological polar surface area (TPSA) is 41.8 Å². The third-order valence-corrected chi connectivity index (χ3v) is 3.00. The van der Waals surface area contributed by atoms with Crippen molar-refractivity contribution in [2.45, 2.75) is 58.7 Å². The maximum Gasteiger partial charge on any atom is 0.0586 e. The summed E-state index contributed by atoms with van der Waals surface area (Å²) in [6.07, 6.45) is 4.44. The maximum absolute atomic E-state index is 8.59. The highest BCUT2D eigenvalue weighted by Gasteiger charge is 2.21. The molecule has 0 aromatic rings. The molecule has 0 aliphatic heterocycles. The standard InChI is InChI=1S/C11H21NO2/c1-8(2)9(3)14-11-6-4-10(12-13)5-7-11/h8-9,11,13H,4-7H2,1-3H3. The molecule has 1 unspecified atom stereocenters. The highest BCUT2D eigenvalue weighted by atomic mass is 16.5. The number of hydrogen-bond acceptors (Lipinski definition) is 3. The van der Waals surface area contributed by atoms with Crippen LogP contribution in [0.3, 0.4) is 0 Å². The van der Waals surface area contributed by atoms with Gasteiger partial charge in [-0.25, -0.2) is 0 Å². The van der Waals surface area contributed by atoms with E-state index in [-0.39, 0.29) is 0 Å². The van der Waals surface area contributed by atoms with Crippen LogP contribution in [-0.2, 0) is 4.74 Å². The van der Waals surface area contributed by atoms with E-state index in [1.165, 1.54) is 0 Å². The van der Waals surface area contributed by atoms with Gasteiger partial charge >= 0.3 is 0 Å². The van der Waals surface area contributed by atoms with Crippen molar-refractivity contribution in [2.24, 2.45) is 11.1 Å². The second kappa shape index (κ2) is 5.35. The van der Waals surface area contributed by atoms with Crippen molar-refractivity contribution in [2.75, 3.05) is 0 Å². The van der Waals surface area contributed by atoms with E-state index in [0.717, 1.165) is 31.4 Å². The molecule has 0 heterocycles. The number of hydrogen-bond donors (Lipinski definition) is 1. The Bertz CT molecular complexity index is 191. The lowest BCUT2D eigenvalue weighted by Gasteiger charge is -2.27. The summed E-state index contributed by atoms with van der Waals surface area (Å²) < 4.78 is 5.91. The molecule has 1 N–H and O–H groups in total. The van der Waals surface area contributed by atoms with E-state index in [4.69, 9.17) is 9.94 Å². The van der Waals surface area contributed by atoms with Gasteiger partial charge in [-0.15, -0.1) is 0 Å². The molecule has 3 nitrogen and oxygen atoms in total. The molecule has 14 heavy (non-hydrogen) atoms. The van der Waals surface area contributed by atoms with Gasteiger partial charge in [-0.2, -0.15) is 0 Å². The largest absolute Gasteiger partial charge is 0.411 e. The molecule has 1 aliphatic rings. The van der Waals surface area contributed by atoms with Crippen LogP contribution in [-0.4, -0.2) is 23.1 Å². The SMILES string of the molecule is CC(C)C(C)OC1CCC(=NO)CC1. The molecule has 0 aromatic heterocycles. The van der Waals surface area contributed by atoms with Gasteiger partial charge in [-0.1, -0.05) is 19.0 Å². The Labute approximate surface area is 86.1 Å². The first-order chi connectivity index (χ1) is 6.63. The first-order valence-electron chi connectivity index (χ1n) is 5.48. The van der Waals surface area contributed by atoms with E-state index in [1.807, 2.05) is 0 Å². The second-order valence-corrected chi connectivity index (χ2v) is 4.45. The zero-order valence-electron chi connectivity index (χ0n) is 9.36. The van der Waals surface area contributed by atoms with Crippen molar-refractivity contribution in [3.8, 4) is 0 Å². The van der Waals surface area contributed by atoms with Crippen molar-refractivity contribution in [1.82, 2.24) is 0 Å². The van der Waals surface area contributed by atoms with Gasteiger partial charge in [0.05, 0.1) is 17.9 Å². The van der Waals surface area contributed by atoms with Crippen molar-refractivity contribution < 1.29 is 9.94 Å². The summed E-state index contributed by atoms with van der Waals surface area (Å²) in [5, 5.41) is 11.9. The average Bonchev–Trinajstić information content (AvgIpc) is 2.19. The Hall–Kier alpha value is -0.570. The summed E-state index contributed by atoms with van der Waals surface area (Å²) in [6, 6.07) is 0. The summed E-state index contributed by atoms with van der Waals surface area (Å²) in [5.41, 5.74) is 0.919. The first kappa shape index (κ1) is 11.5. The van der Waals surface area contributed by atoms with Crippen LogP contribution in [0, 0.1) is 5.92 Å². The molecule has 3 heteroatoms. The fourth-order valence-corrected chi connectivity index (χ4v) is 1.62. The third kappa shape index (κ3) is 3.29. The molecule has 0 bridgehead atoms. The van der Waals surface area contributed by atoms with E-state index in [1.54, 1.807) is 0 Å². The molecule has 1 fully saturated rings. The fourth-order valence-electron chi connectivity index (χ4n) is 1.62. The summed E-state index contributed by atoms with van der Waals surface area (Å²) in [6.45, 7) is 6.47. The van der Waals surface area contributed by atoms with Gasteiger partial charge in [-0.3, -0.25) is 0 Å². The molecule has 1 aliphatic carbocycles. The van der Waals surface area contributed by atoms with Crippen molar-refractivity contribution in [1.29, 1.82) is 0 Å². The Morgan fingerprint density at radius 3 is 2.29 bits per heavy atom. The van der Waals surface area contributed by atoms with Crippen LogP contribution < -0.4 is 0 Å². The number of nitrogens with zero attached hydrogens (tertiary/aromatic N) is 1. The van der Waals surface area contributed by atoms with Gasteiger partial charge in [-0.05, 0) is 38.5 Å². The van der Waals surface area contributed by atoms with Crippen molar-refractivity contribution in [3.63, 3.8) is 0 Å². The molecule has 1 rings (SSSR count). The van der Waals surface area contributed by atoms with Crippen LogP contribution >= 0.6 is 0 Å². The molecule has 0 spiro atoms. The molecule has 0 radical (unpaired) electrons. The normalized spacial score (nSPS) is 25.1. The summed E-state index contributed by atoms with van der Waals surface area (Å²) in [5.74, 6) is 0.572. The maximum atomic E-state index is 8.59. The molecular weight excluding hydrogens is 178 g/mol. The highest BCUT2D eigenvalue weighted by molar-refractivity contribution is 5.84. The Kier molecular flexibility index (Phi) is 4.39. The van der Waals surface area contributed by atoms with Crippen molar-refractivity contribution >= 4 is 5.71 Å². The third-order valence-electron chi connectivity index (χ3n) is 3.00. The molecule has 1 atom stereocenters. The number of rotatable bonds is 3. The predicted molar refractivity (Wildman–Crippen MR) is 56.9 cm³/mol. The molecular formula is C11H21NO2. The number of oxime groups is 1. The average molecular weight is 199 g/mol. The lowest BCUT2D eigenvalue weighted by molar-refractivity contribution is -0.0336. The van der Waals surface area contributed by atoms with Gasteiger partial charge < -0.3 is 9.94 Å². The zero-order chi connectivity index (χ0) is 10.6. The molecule has 0 aromatic carbocycles. The van der Waals surface area contributed by atoms with Gasteiger partial charge in [0.1, 0.15) is 0 Å². The van der Waals surface area contributed by atoms with Crippen LogP contribution in [0.1, 0.15) is 46.5 Å². The van der Waals surface area contributed by atoms with Crippen LogP contribution in [0.5, 0.6) is 0 Å². The second-order valence-electron chi connectivity index (χ2n) is 4.45. The minimum Gasteiger partial charge on any atom is -0.411 e. The summed E-state index contributed by atoms with van der Waals surface area (Å²) in [7, 11) is 0. The lowest BCUT2D eigenvalue weighted by atomic mass is 9.95. The number of ether oxygens (including phenoxy) is 1. The Balaban J connectivity index is 2.29. The minimum atomic E-state index is 0.326. The quantitative estimate of drug-likeness (QED) is 0.561. The van der Waals surface area contributed by atoms with Gasteiger partial charge in [0.2, 0.25) is 0 Å². The van der Waals surface area contributed by atoms with Crippen molar-refractivity contribution in [3.05, 3.63) is 0 Å². The van der Waals surface area contributed by atoms with E-state index < -0.39 is 0 Å². The highest BCUT2D eigenvalue weighted by Crippen LogP contribution is 2.21. The summed E-state index contributed by atoms with van der Waals surface area (Å²) in [4.78, 5) is 0. The lowest BCUT2D eigenvalue weighted by Crippen LogP contribution is -2.28. The minimum absolute atomic E-state index is 0.326. The van der Waals surface area contributed by atoms with E-state index in [9.17, 15) is 0 Å². The van der Waals surface area contributed by atoms with Gasteiger partial charge in [0.15, 0.2) is 0 Å². The summed E-state index contributed by atoms with van der Waals surface area (Å²) >= 11 is 0. The van der Waals surface area contributed by atoms with Crippen LogP contribution in [0.4, 0.5) is 0 Å². The van der Waals surface area contributed by atoms with Crippen LogP contribution in [0.2, 0.25) is 0 Å². The predicted octanol–water partition coefficient (Wildman–Crippen LogP) is 2.82. The molecule has 82 valence electrons. The monoisotopic (exact) mass is 199 g/mol. The molecule has 1 saturated carbocycles. The van der Waals surface area contributed by atoms with E-state index >= 15 is 0 Å². The Morgan fingerprint density at radius 1 is 1.29 bits per heavy atom. The molecule has 0 amide bonds. The zero-order valence-corrected chi connectivity index (χ0v) is 9.36. The Morgan fingerprint density at radius 2 is 1.86 bits per heavy atom. The van der Waals surface area contributed by atoms with E-state index in [2.05, 4.69) is 25.9 Å². The van der Waals surface area contributed by atoms with Crippen LogP contribution in [0.25, 0.3) is 0 Å². The van der Waals surface area contributed by atoms with Gasteiger partial charge in [0, 0.05) is 0 Å². The van der Waals surface area contributed by atoms with E-state index in [0.29, 0.717) is 18.1 Å². The smallest absolute Gasteiger partial charge is 0.0586 e.